The summed E-state index contributed by atoms with van der Waals surface area (Å²) < 4.78 is 32.4. The maximum atomic E-state index is 13.6. The third-order valence-electron chi connectivity index (χ3n) is 6.27. The SMILES string of the molecule is Cc1cc(NC(=O)C(=O)N2CCCCC2C2CCC(F)(F)CC2)cnc1NC(=O)OC(C)(C)C. The van der Waals surface area contributed by atoms with Crippen molar-refractivity contribution >= 4 is 29.4 Å². The van der Waals surface area contributed by atoms with Gasteiger partial charge in [-0.2, -0.15) is 0 Å². The molecule has 2 aliphatic rings. The zero-order valence-electron chi connectivity index (χ0n) is 20.2. The molecule has 0 radical (unpaired) electrons. The van der Waals surface area contributed by atoms with Gasteiger partial charge >= 0.3 is 17.9 Å². The summed E-state index contributed by atoms with van der Waals surface area (Å²) in [5.41, 5.74) is 0.239. The van der Waals surface area contributed by atoms with Crippen molar-refractivity contribution in [2.24, 2.45) is 5.92 Å². The molecule has 0 aromatic carbocycles. The highest BCUT2D eigenvalue weighted by Crippen LogP contribution is 2.40. The largest absolute Gasteiger partial charge is 0.444 e. The molecule has 1 unspecified atom stereocenters. The number of halogens is 2. The standard InChI is InChI=1S/C24H34F2N4O4/c1-15-13-17(14-27-19(15)29-22(33)34-23(2,3)4)28-20(31)21(32)30-12-6-5-7-18(30)16-8-10-24(25,26)11-9-16/h13-14,16,18H,5-12H2,1-4H3,(H,28,31)(H,27,29,33). The van der Waals surface area contributed by atoms with Crippen LogP contribution in [0.5, 0.6) is 0 Å². The van der Waals surface area contributed by atoms with Gasteiger partial charge in [0.1, 0.15) is 11.4 Å². The highest BCUT2D eigenvalue weighted by Gasteiger charge is 2.41. The van der Waals surface area contributed by atoms with Crippen LogP contribution in [0.1, 0.15) is 71.3 Å². The fourth-order valence-electron chi connectivity index (χ4n) is 4.64. The fraction of sp³-hybridized carbons (Fsp3) is 0.667. The Morgan fingerprint density at radius 2 is 1.79 bits per heavy atom. The summed E-state index contributed by atoms with van der Waals surface area (Å²) in [5.74, 6) is -3.81. The summed E-state index contributed by atoms with van der Waals surface area (Å²) in [4.78, 5) is 43.4. The van der Waals surface area contributed by atoms with E-state index in [1.807, 2.05) is 0 Å². The lowest BCUT2D eigenvalue weighted by Crippen LogP contribution is -2.52. The topological polar surface area (TPSA) is 101 Å². The van der Waals surface area contributed by atoms with Crippen molar-refractivity contribution in [3.05, 3.63) is 17.8 Å². The van der Waals surface area contributed by atoms with Crippen molar-refractivity contribution in [1.82, 2.24) is 9.88 Å². The molecule has 3 amide bonds. The zero-order chi connectivity index (χ0) is 25.1. The number of aromatic nitrogens is 1. The van der Waals surface area contributed by atoms with E-state index < -0.39 is 29.4 Å². The average Bonchev–Trinajstić information content (AvgIpc) is 2.74. The number of hydrogen-bond donors (Lipinski definition) is 2. The normalized spacial score (nSPS) is 21.0. The van der Waals surface area contributed by atoms with E-state index in [1.165, 1.54) is 6.20 Å². The summed E-state index contributed by atoms with van der Waals surface area (Å²) >= 11 is 0. The minimum absolute atomic E-state index is 0.0150. The molecule has 0 spiro atoms. The first-order valence-corrected chi connectivity index (χ1v) is 11.8. The smallest absolute Gasteiger partial charge is 0.413 e. The lowest BCUT2D eigenvalue weighted by molar-refractivity contribution is -0.147. The van der Waals surface area contributed by atoms with Gasteiger partial charge in [-0.15, -0.1) is 0 Å². The molecule has 1 aliphatic carbocycles. The van der Waals surface area contributed by atoms with Crippen LogP contribution in [-0.2, 0) is 14.3 Å². The maximum absolute atomic E-state index is 13.6. The summed E-state index contributed by atoms with van der Waals surface area (Å²) in [6.07, 6.45) is 3.50. The molecule has 1 aromatic heterocycles. The highest BCUT2D eigenvalue weighted by atomic mass is 19.3. The van der Waals surface area contributed by atoms with Crippen LogP contribution in [0.3, 0.4) is 0 Å². The Kier molecular flexibility index (Phi) is 7.77. The van der Waals surface area contributed by atoms with Gasteiger partial charge in [0, 0.05) is 25.4 Å². The second-order valence-corrected chi connectivity index (χ2v) is 10.2. The van der Waals surface area contributed by atoms with E-state index in [1.54, 1.807) is 38.7 Å². The third-order valence-corrected chi connectivity index (χ3v) is 6.27. The second-order valence-electron chi connectivity index (χ2n) is 10.2. The lowest BCUT2D eigenvalue weighted by atomic mass is 9.78. The number of anilines is 2. The number of nitrogens with zero attached hydrogens (tertiary/aromatic N) is 2. The Labute approximate surface area is 198 Å². The van der Waals surface area contributed by atoms with Crippen LogP contribution in [0.25, 0.3) is 0 Å². The van der Waals surface area contributed by atoms with Gasteiger partial charge in [-0.1, -0.05) is 0 Å². The number of ether oxygens (including phenoxy) is 1. The van der Waals surface area contributed by atoms with Crippen LogP contribution >= 0.6 is 0 Å². The monoisotopic (exact) mass is 480 g/mol. The first-order chi connectivity index (χ1) is 15.8. The van der Waals surface area contributed by atoms with Crippen molar-refractivity contribution in [2.45, 2.75) is 90.2 Å². The molecule has 8 nitrogen and oxygen atoms in total. The van der Waals surface area contributed by atoms with E-state index in [0.717, 1.165) is 19.3 Å². The van der Waals surface area contributed by atoms with Gasteiger partial charge in [-0.25, -0.2) is 18.6 Å². The molecule has 3 rings (SSSR count). The number of hydrogen-bond acceptors (Lipinski definition) is 5. The average molecular weight is 481 g/mol. The van der Waals surface area contributed by atoms with Gasteiger partial charge in [0.15, 0.2) is 0 Å². The Hall–Kier alpha value is -2.78. The summed E-state index contributed by atoms with van der Waals surface area (Å²) in [6.45, 7) is 7.40. The lowest BCUT2D eigenvalue weighted by Gasteiger charge is -2.42. The van der Waals surface area contributed by atoms with E-state index in [0.29, 0.717) is 30.6 Å². The minimum Gasteiger partial charge on any atom is -0.444 e. The van der Waals surface area contributed by atoms with Gasteiger partial charge in [-0.3, -0.25) is 14.9 Å². The Bertz CT molecular complexity index is 922. The molecule has 1 aliphatic heterocycles. The summed E-state index contributed by atoms with van der Waals surface area (Å²) in [5, 5.41) is 5.13. The summed E-state index contributed by atoms with van der Waals surface area (Å²) in [7, 11) is 0. The fourth-order valence-corrected chi connectivity index (χ4v) is 4.64. The minimum atomic E-state index is -2.63. The van der Waals surface area contributed by atoms with Crippen LogP contribution in [0.4, 0.5) is 25.1 Å². The van der Waals surface area contributed by atoms with Crippen LogP contribution in [-0.4, -0.2) is 51.9 Å². The quantitative estimate of drug-likeness (QED) is 0.601. The Morgan fingerprint density at radius 1 is 1.12 bits per heavy atom. The van der Waals surface area contributed by atoms with Crippen molar-refractivity contribution in [1.29, 1.82) is 0 Å². The highest BCUT2D eigenvalue weighted by molar-refractivity contribution is 6.39. The zero-order valence-corrected chi connectivity index (χ0v) is 20.2. The van der Waals surface area contributed by atoms with Crippen LogP contribution in [0, 0.1) is 12.8 Å². The predicted molar refractivity (Wildman–Crippen MR) is 124 cm³/mol. The number of piperidine rings is 1. The molecule has 188 valence electrons. The van der Waals surface area contributed by atoms with E-state index in [9.17, 15) is 23.2 Å². The van der Waals surface area contributed by atoms with Crippen LogP contribution in [0.15, 0.2) is 12.3 Å². The van der Waals surface area contributed by atoms with Crippen molar-refractivity contribution in [3.8, 4) is 0 Å². The van der Waals surface area contributed by atoms with Crippen molar-refractivity contribution in [2.75, 3.05) is 17.2 Å². The molecule has 10 heteroatoms. The van der Waals surface area contributed by atoms with Crippen LogP contribution in [0.2, 0.25) is 0 Å². The molecule has 34 heavy (non-hydrogen) atoms. The van der Waals surface area contributed by atoms with Gasteiger partial charge in [0.2, 0.25) is 5.92 Å². The number of alkyl halides is 2. The number of carbonyl (C=O) groups is 3. The molecule has 2 fully saturated rings. The van der Waals surface area contributed by atoms with Crippen LogP contribution < -0.4 is 10.6 Å². The molecule has 2 heterocycles. The maximum Gasteiger partial charge on any atom is 0.413 e. The summed E-state index contributed by atoms with van der Waals surface area (Å²) in [6, 6.07) is 1.41. The molecule has 0 bridgehead atoms. The van der Waals surface area contributed by atoms with Gasteiger partial charge in [0.05, 0.1) is 11.9 Å². The van der Waals surface area contributed by atoms with Gasteiger partial charge < -0.3 is 15.0 Å². The number of amides is 3. The van der Waals surface area contributed by atoms with Gasteiger partial charge in [0.25, 0.3) is 0 Å². The second kappa shape index (κ2) is 10.2. The molecule has 1 saturated heterocycles. The number of likely N-dealkylation sites (tertiary alicyclic amines) is 1. The molecular weight excluding hydrogens is 446 g/mol. The van der Waals surface area contributed by atoms with E-state index >= 15 is 0 Å². The Balaban J connectivity index is 1.62. The van der Waals surface area contributed by atoms with E-state index in [-0.39, 0.29) is 30.6 Å². The number of carbonyl (C=O) groups excluding carboxylic acids is 3. The molecule has 2 N–H and O–H groups in total. The van der Waals surface area contributed by atoms with Crippen molar-refractivity contribution in [3.63, 3.8) is 0 Å². The van der Waals surface area contributed by atoms with Crippen molar-refractivity contribution < 1.29 is 27.9 Å². The molecule has 1 aromatic rings. The first kappa shape index (κ1) is 25.8. The Morgan fingerprint density at radius 3 is 2.41 bits per heavy atom. The molecule has 1 saturated carbocycles. The first-order valence-electron chi connectivity index (χ1n) is 11.8. The number of aryl methyl sites for hydroxylation is 1. The third kappa shape index (κ3) is 6.87. The number of rotatable bonds is 3. The van der Waals surface area contributed by atoms with E-state index in [2.05, 4.69) is 15.6 Å². The van der Waals surface area contributed by atoms with E-state index in [4.69, 9.17) is 4.74 Å². The number of nitrogens with one attached hydrogen (secondary N) is 2. The predicted octanol–water partition coefficient (Wildman–Crippen LogP) is 4.88. The molecular formula is C24H34F2N4O4. The molecule has 1 atom stereocenters. The number of pyridine rings is 1. The van der Waals surface area contributed by atoms with Gasteiger partial charge in [-0.05, 0) is 77.3 Å².